The number of nitrogen functional groups attached to an aromatic ring is 1. The van der Waals surface area contributed by atoms with Gasteiger partial charge in [-0.15, -0.1) is 0 Å². The van der Waals surface area contributed by atoms with Gasteiger partial charge in [0.1, 0.15) is 5.75 Å². The largest absolute Gasteiger partial charge is 0.493 e. The number of ether oxygens (including phenoxy) is 1. The lowest BCUT2D eigenvalue weighted by atomic mass is 10.0. The van der Waals surface area contributed by atoms with Gasteiger partial charge in [-0.05, 0) is 30.9 Å². The minimum absolute atomic E-state index is 0.199. The van der Waals surface area contributed by atoms with E-state index in [0.29, 0.717) is 30.7 Å². The van der Waals surface area contributed by atoms with E-state index in [1.54, 1.807) is 6.07 Å². The molecule has 1 fully saturated rings. The van der Waals surface area contributed by atoms with Crippen LogP contribution >= 0.6 is 0 Å². The molecule has 0 spiro atoms. The monoisotopic (exact) mass is 276 g/mol. The van der Waals surface area contributed by atoms with Crippen LogP contribution in [0.1, 0.15) is 33.1 Å². The van der Waals surface area contributed by atoms with E-state index in [1.807, 2.05) is 23.1 Å². The second-order valence-electron chi connectivity index (χ2n) is 5.71. The molecule has 2 rings (SSSR count). The molecular weight excluding hydrogens is 252 g/mol. The van der Waals surface area contributed by atoms with Crippen molar-refractivity contribution in [1.82, 2.24) is 4.90 Å². The number of rotatable bonds is 5. The first-order chi connectivity index (χ1) is 9.58. The molecule has 1 aromatic rings. The second kappa shape index (κ2) is 6.64. The van der Waals surface area contributed by atoms with Crippen LogP contribution in [0.4, 0.5) is 5.69 Å². The Labute approximate surface area is 120 Å². The van der Waals surface area contributed by atoms with Gasteiger partial charge in [0, 0.05) is 24.3 Å². The van der Waals surface area contributed by atoms with Crippen LogP contribution in [0.5, 0.6) is 5.75 Å². The normalized spacial score (nSPS) is 18.6. The van der Waals surface area contributed by atoms with Crippen LogP contribution < -0.4 is 10.5 Å². The SMILES string of the molecule is CC(C)C1CCCN1C(=O)CCOc1cccc(N)c1. The van der Waals surface area contributed by atoms with E-state index >= 15 is 0 Å². The third-order valence-corrected chi connectivity index (χ3v) is 3.83. The summed E-state index contributed by atoms with van der Waals surface area (Å²) in [5.41, 5.74) is 6.36. The van der Waals surface area contributed by atoms with Crippen LogP contribution in [0.25, 0.3) is 0 Å². The molecule has 1 aliphatic heterocycles. The summed E-state index contributed by atoms with van der Waals surface area (Å²) < 4.78 is 5.59. The minimum atomic E-state index is 0.199. The Bertz CT molecular complexity index is 460. The predicted octanol–water partition coefficient (Wildman–Crippen LogP) is 2.68. The van der Waals surface area contributed by atoms with Gasteiger partial charge >= 0.3 is 0 Å². The minimum Gasteiger partial charge on any atom is -0.493 e. The molecule has 4 heteroatoms. The number of nitrogens with zero attached hydrogens (tertiary/aromatic N) is 1. The van der Waals surface area contributed by atoms with Gasteiger partial charge in [-0.2, -0.15) is 0 Å². The van der Waals surface area contributed by atoms with Crippen molar-refractivity contribution in [2.45, 2.75) is 39.2 Å². The molecule has 0 radical (unpaired) electrons. The summed E-state index contributed by atoms with van der Waals surface area (Å²) in [6.45, 7) is 5.66. The second-order valence-corrected chi connectivity index (χ2v) is 5.71. The standard InChI is InChI=1S/C16H24N2O2/c1-12(2)15-7-4-9-18(15)16(19)8-10-20-14-6-3-5-13(17)11-14/h3,5-6,11-12,15H,4,7-10,17H2,1-2H3. The Kier molecular flexibility index (Phi) is 4.88. The molecule has 0 bridgehead atoms. The topological polar surface area (TPSA) is 55.6 Å². The molecule has 2 N–H and O–H groups in total. The fraction of sp³-hybridized carbons (Fsp3) is 0.562. The first-order valence-corrected chi connectivity index (χ1v) is 7.35. The number of anilines is 1. The highest BCUT2D eigenvalue weighted by Gasteiger charge is 2.30. The molecule has 1 unspecified atom stereocenters. The fourth-order valence-electron chi connectivity index (χ4n) is 2.80. The Morgan fingerprint density at radius 1 is 1.50 bits per heavy atom. The van der Waals surface area contributed by atoms with Crippen molar-refractivity contribution in [3.05, 3.63) is 24.3 Å². The Hall–Kier alpha value is -1.71. The van der Waals surface area contributed by atoms with Crippen LogP contribution in [-0.2, 0) is 4.79 Å². The van der Waals surface area contributed by atoms with Crippen LogP contribution in [-0.4, -0.2) is 30.0 Å². The van der Waals surface area contributed by atoms with Crippen molar-refractivity contribution < 1.29 is 9.53 Å². The Balaban J connectivity index is 1.80. The molecule has 0 aliphatic carbocycles. The third-order valence-electron chi connectivity index (χ3n) is 3.83. The van der Waals surface area contributed by atoms with E-state index in [1.165, 1.54) is 0 Å². The summed E-state index contributed by atoms with van der Waals surface area (Å²) in [6, 6.07) is 7.69. The molecule has 1 aromatic carbocycles. The molecule has 1 amide bonds. The molecule has 4 nitrogen and oxygen atoms in total. The lowest BCUT2D eigenvalue weighted by Crippen LogP contribution is -2.39. The van der Waals surface area contributed by atoms with Crippen LogP contribution in [0, 0.1) is 5.92 Å². The quantitative estimate of drug-likeness (QED) is 0.841. The zero-order valence-electron chi connectivity index (χ0n) is 12.3. The van der Waals surface area contributed by atoms with Crippen LogP contribution in [0.15, 0.2) is 24.3 Å². The van der Waals surface area contributed by atoms with E-state index < -0.39 is 0 Å². The zero-order valence-corrected chi connectivity index (χ0v) is 12.3. The molecule has 20 heavy (non-hydrogen) atoms. The van der Waals surface area contributed by atoms with Gasteiger partial charge in [0.25, 0.3) is 0 Å². The summed E-state index contributed by atoms with van der Waals surface area (Å²) in [6.07, 6.45) is 2.67. The molecule has 1 heterocycles. The van der Waals surface area contributed by atoms with Crippen molar-refractivity contribution in [3.63, 3.8) is 0 Å². The fourth-order valence-corrected chi connectivity index (χ4v) is 2.80. The number of carbonyl (C=O) groups excluding carboxylic acids is 1. The highest BCUT2D eigenvalue weighted by molar-refractivity contribution is 5.77. The van der Waals surface area contributed by atoms with Crippen LogP contribution in [0.2, 0.25) is 0 Å². The number of amides is 1. The summed E-state index contributed by atoms with van der Waals surface area (Å²) in [7, 11) is 0. The summed E-state index contributed by atoms with van der Waals surface area (Å²) in [5.74, 6) is 1.45. The first kappa shape index (κ1) is 14.7. The molecule has 110 valence electrons. The number of likely N-dealkylation sites (tertiary alicyclic amines) is 1. The number of hydrogen-bond donors (Lipinski definition) is 1. The smallest absolute Gasteiger partial charge is 0.226 e. The number of hydrogen-bond acceptors (Lipinski definition) is 3. The van der Waals surface area contributed by atoms with Crippen molar-refractivity contribution >= 4 is 11.6 Å². The predicted molar refractivity (Wildman–Crippen MR) is 80.5 cm³/mol. The van der Waals surface area contributed by atoms with Gasteiger partial charge in [-0.25, -0.2) is 0 Å². The molecule has 1 atom stereocenters. The van der Waals surface area contributed by atoms with Gasteiger partial charge in [0.05, 0.1) is 13.0 Å². The summed E-state index contributed by atoms with van der Waals surface area (Å²) in [5, 5.41) is 0. The van der Waals surface area contributed by atoms with Crippen molar-refractivity contribution in [3.8, 4) is 5.75 Å². The maximum Gasteiger partial charge on any atom is 0.226 e. The highest BCUT2D eigenvalue weighted by atomic mass is 16.5. The molecule has 0 aromatic heterocycles. The van der Waals surface area contributed by atoms with Crippen molar-refractivity contribution in [2.75, 3.05) is 18.9 Å². The third kappa shape index (κ3) is 3.65. The lowest BCUT2D eigenvalue weighted by molar-refractivity contribution is -0.133. The van der Waals surface area contributed by atoms with E-state index in [4.69, 9.17) is 10.5 Å². The number of carbonyl (C=O) groups is 1. The van der Waals surface area contributed by atoms with Gasteiger partial charge in [0.2, 0.25) is 5.91 Å². The summed E-state index contributed by atoms with van der Waals surface area (Å²) >= 11 is 0. The average molecular weight is 276 g/mol. The van der Waals surface area contributed by atoms with Gasteiger partial charge in [-0.3, -0.25) is 4.79 Å². The first-order valence-electron chi connectivity index (χ1n) is 7.35. The van der Waals surface area contributed by atoms with Crippen molar-refractivity contribution in [2.24, 2.45) is 5.92 Å². The van der Waals surface area contributed by atoms with E-state index in [2.05, 4.69) is 13.8 Å². The maximum atomic E-state index is 12.2. The van der Waals surface area contributed by atoms with E-state index in [0.717, 1.165) is 25.1 Å². The maximum absolute atomic E-state index is 12.2. The lowest BCUT2D eigenvalue weighted by Gasteiger charge is -2.27. The number of benzene rings is 1. The van der Waals surface area contributed by atoms with E-state index in [9.17, 15) is 4.79 Å². The van der Waals surface area contributed by atoms with E-state index in [-0.39, 0.29) is 5.91 Å². The Morgan fingerprint density at radius 2 is 2.30 bits per heavy atom. The Morgan fingerprint density at radius 3 is 3.00 bits per heavy atom. The highest BCUT2D eigenvalue weighted by Crippen LogP contribution is 2.24. The average Bonchev–Trinajstić information content (AvgIpc) is 2.88. The van der Waals surface area contributed by atoms with Gasteiger partial charge < -0.3 is 15.4 Å². The summed E-state index contributed by atoms with van der Waals surface area (Å²) in [4.78, 5) is 14.3. The van der Waals surface area contributed by atoms with Crippen LogP contribution in [0.3, 0.4) is 0 Å². The van der Waals surface area contributed by atoms with Gasteiger partial charge in [0.15, 0.2) is 0 Å². The van der Waals surface area contributed by atoms with Crippen molar-refractivity contribution in [1.29, 1.82) is 0 Å². The molecule has 1 aliphatic rings. The molecule has 1 saturated heterocycles. The number of nitrogens with two attached hydrogens (primary N) is 1. The van der Waals surface area contributed by atoms with Gasteiger partial charge in [-0.1, -0.05) is 19.9 Å². The molecule has 0 saturated carbocycles. The zero-order chi connectivity index (χ0) is 14.5. The molecular formula is C16H24N2O2.